The van der Waals surface area contributed by atoms with Gasteiger partial charge in [-0.15, -0.1) is 0 Å². The molecule has 0 aliphatic carbocycles. The highest BCUT2D eigenvalue weighted by atomic mass is 16.5. The van der Waals surface area contributed by atoms with Crippen molar-refractivity contribution in [3.63, 3.8) is 0 Å². The van der Waals surface area contributed by atoms with Gasteiger partial charge in [-0.25, -0.2) is 0 Å². The van der Waals surface area contributed by atoms with Gasteiger partial charge in [-0.2, -0.15) is 0 Å². The Morgan fingerprint density at radius 2 is 1.66 bits per heavy atom. The predicted molar refractivity (Wildman–Crippen MR) is 131 cm³/mol. The number of guanidine groups is 1. The molecule has 0 bridgehead atoms. The van der Waals surface area contributed by atoms with Crippen molar-refractivity contribution in [1.82, 2.24) is 10.6 Å². The molecular weight excluding hydrogens is 404 g/mol. The third-order valence-corrected chi connectivity index (χ3v) is 5.66. The Bertz CT molecular complexity index is 840. The Morgan fingerprint density at radius 1 is 1.00 bits per heavy atom. The van der Waals surface area contributed by atoms with Crippen LogP contribution in [-0.2, 0) is 0 Å². The summed E-state index contributed by atoms with van der Waals surface area (Å²) < 4.78 is 16.6. The molecule has 2 aromatic carbocycles. The van der Waals surface area contributed by atoms with Gasteiger partial charge in [0.15, 0.2) is 5.96 Å². The molecule has 1 fully saturated rings. The zero-order valence-electron chi connectivity index (χ0n) is 19.7. The molecule has 7 nitrogen and oxygen atoms in total. The van der Waals surface area contributed by atoms with Gasteiger partial charge in [0.05, 0.1) is 20.8 Å². The van der Waals surface area contributed by atoms with E-state index in [1.807, 2.05) is 25.2 Å². The van der Waals surface area contributed by atoms with Crippen LogP contribution < -0.4 is 29.7 Å². The van der Waals surface area contributed by atoms with Gasteiger partial charge in [-0.3, -0.25) is 4.99 Å². The normalized spacial score (nSPS) is 14.8. The molecule has 0 aromatic heterocycles. The van der Waals surface area contributed by atoms with Crippen molar-refractivity contribution in [3.8, 4) is 17.2 Å². The van der Waals surface area contributed by atoms with E-state index < -0.39 is 0 Å². The van der Waals surface area contributed by atoms with Crippen molar-refractivity contribution in [1.29, 1.82) is 0 Å². The molecule has 0 spiro atoms. The van der Waals surface area contributed by atoms with Crippen LogP contribution in [0, 0.1) is 6.92 Å². The van der Waals surface area contributed by atoms with Crippen molar-refractivity contribution >= 4 is 11.6 Å². The molecule has 1 heterocycles. The number of nitrogens with zero attached hydrogens (tertiary/aromatic N) is 2. The fourth-order valence-corrected chi connectivity index (χ4v) is 3.75. The Balaban J connectivity index is 1.38. The van der Waals surface area contributed by atoms with Crippen LogP contribution in [0.2, 0.25) is 0 Å². The number of hydrogen-bond donors (Lipinski definition) is 2. The number of ether oxygens (including phenoxy) is 3. The molecule has 1 saturated heterocycles. The van der Waals surface area contributed by atoms with Crippen molar-refractivity contribution in [2.24, 2.45) is 4.99 Å². The highest BCUT2D eigenvalue weighted by Gasteiger charge is 2.21. The molecule has 7 heteroatoms. The zero-order chi connectivity index (χ0) is 22.8. The molecule has 0 amide bonds. The fourth-order valence-electron chi connectivity index (χ4n) is 3.75. The topological polar surface area (TPSA) is 67.4 Å². The second-order valence-electron chi connectivity index (χ2n) is 7.99. The van der Waals surface area contributed by atoms with Gasteiger partial charge >= 0.3 is 0 Å². The lowest BCUT2D eigenvalue weighted by molar-refractivity contribution is 0.311. The summed E-state index contributed by atoms with van der Waals surface area (Å²) >= 11 is 0. The van der Waals surface area contributed by atoms with Gasteiger partial charge in [0.2, 0.25) is 0 Å². The molecule has 1 aliphatic rings. The minimum absolute atomic E-state index is 0.397. The quantitative estimate of drug-likeness (QED) is 0.353. The van der Waals surface area contributed by atoms with Crippen molar-refractivity contribution in [2.75, 3.05) is 52.4 Å². The summed E-state index contributed by atoms with van der Waals surface area (Å²) in [5.74, 6) is 3.39. The molecule has 1 aliphatic heterocycles. The zero-order valence-corrected chi connectivity index (χ0v) is 19.7. The number of methoxy groups -OCH3 is 2. The van der Waals surface area contributed by atoms with Crippen LogP contribution in [0.25, 0.3) is 0 Å². The monoisotopic (exact) mass is 440 g/mol. The largest absolute Gasteiger partial charge is 0.497 e. The van der Waals surface area contributed by atoms with E-state index in [-0.39, 0.29) is 0 Å². The summed E-state index contributed by atoms with van der Waals surface area (Å²) in [6.45, 7) is 5.50. The first-order chi connectivity index (χ1) is 15.6. The smallest absolute Gasteiger partial charge is 0.191 e. The lowest BCUT2D eigenvalue weighted by Gasteiger charge is -2.34. The SMILES string of the molecule is CN=C(NCCCOc1ccc(C)cc1)NC1CCN(c2cc(OC)cc(OC)c2)CC1. The molecule has 2 aromatic rings. The van der Waals surface area contributed by atoms with Gasteiger partial charge in [0.25, 0.3) is 0 Å². The molecule has 2 N–H and O–H groups in total. The summed E-state index contributed by atoms with van der Waals surface area (Å²) in [6.07, 6.45) is 2.98. The number of piperidine rings is 1. The summed E-state index contributed by atoms with van der Waals surface area (Å²) in [5.41, 5.74) is 2.37. The number of nitrogens with one attached hydrogen (secondary N) is 2. The van der Waals surface area contributed by atoms with Crippen LogP contribution >= 0.6 is 0 Å². The van der Waals surface area contributed by atoms with Crippen LogP contribution in [0.3, 0.4) is 0 Å². The number of aliphatic imine (C=N–C) groups is 1. The average Bonchev–Trinajstić information content (AvgIpc) is 2.84. The van der Waals surface area contributed by atoms with Crippen LogP contribution in [0.4, 0.5) is 5.69 Å². The highest BCUT2D eigenvalue weighted by molar-refractivity contribution is 5.80. The summed E-state index contributed by atoms with van der Waals surface area (Å²) in [7, 11) is 5.18. The molecule has 0 atom stereocenters. The molecule has 0 radical (unpaired) electrons. The average molecular weight is 441 g/mol. The van der Waals surface area contributed by atoms with Crippen molar-refractivity contribution in [3.05, 3.63) is 48.0 Å². The van der Waals surface area contributed by atoms with Crippen LogP contribution in [0.15, 0.2) is 47.5 Å². The number of hydrogen-bond acceptors (Lipinski definition) is 5. The molecular formula is C25H36N4O3. The first-order valence-corrected chi connectivity index (χ1v) is 11.3. The highest BCUT2D eigenvalue weighted by Crippen LogP contribution is 2.30. The molecule has 0 saturated carbocycles. The maximum Gasteiger partial charge on any atom is 0.191 e. The van der Waals surface area contributed by atoms with E-state index in [0.29, 0.717) is 12.6 Å². The maximum atomic E-state index is 5.79. The Kier molecular flexibility index (Phi) is 8.90. The van der Waals surface area contributed by atoms with Crippen molar-refractivity contribution < 1.29 is 14.2 Å². The number of rotatable bonds is 9. The first-order valence-electron chi connectivity index (χ1n) is 11.3. The van der Waals surface area contributed by atoms with Crippen LogP contribution in [0.1, 0.15) is 24.8 Å². The Hall–Kier alpha value is -3.09. The molecule has 0 unspecified atom stereocenters. The molecule has 174 valence electrons. The van der Waals surface area contributed by atoms with Crippen molar-refractivity contribution in [2.45, 2.75) is 32.2 Å². The summed E-state index contributed by atoms with van der Waals surface area (Å²) in [4.78, 5) is 6.75. The lowest BCUT2D eigenvalue weighted by Crippen LogP contribution is -2.49. The van der Waals surface area contributed by atoms with E-state index in [0.717, 1.165) is 67.8 Å². The van der Waals surface area contributed by atoms with Crippen LogP contribution in [0.5, 0.6) is 17.2 Å². The van der Waals surface area contributed by atoms with E-state index in [1.165, 1.54) is 5.56 Å². The predicted octanol–water partition coefficient (Wildman–Crippen LogP) is 3.62. The Labute approximate surface area is 191 Å². The Morgan fingerprint density at radius 3 is 2.25 bits per heavy atom. The van der Waals surface area contributed by atoms with E-state index in [2.05, 4.69) is 51.7 Å². The fraction of sp³-hybridized carbons (Fsp3) is 0.480. The lowest BCUT2D eigenvalue weighted by atomic mass is 10.0. The van der Waals surface area contributed by atoms with Gasteiger partial charge in [0.1, 0.15) is 17.2 Å². The van der Waals surface area contributed by atoms with E-state index >= 15 is 0 Å². The second-order valence-corrected chi connectivity index (χ2v) is 7.99. The van der Waals surface area contributed by atoms with Gasteiger partial charge < -0.3 is 29.7 Å². The first kappa shape index (κ1) is 23.6. The summed E-state index contributed by atoms with van der Waals surface area (Å²) in [6, 6.07) is 14.6. The summed E-state index contributed by atoms with van der Waals surface area (Å²) in [5, 5.41) is 6.96. The van der Waals surface area contributed by atoms with Gasteiger partial charge in [0, 0.05) is 56.6 Å². The third kappa shape index (κ3) is 6.97. The molecule has 32 heavy (non-hydrogen) atoms. The standard InChI is InChI=1S/C25H36N4O3/c1-19-6-8-22(9-7-19)32-15-5-12-27-25(26-2)28-20-10-13-29(14-11-20)21-16-23(30-3)18-24(17-21)31-4/h6-9,16-18,20H,5,10-15H2,1-4H3,(H2,26,27,28). The van der Waals surface area contributed by atoms with Gasteiger partial charge in [-0.1, -0.05) is 17.7 Å². The minimum atomic E-state index is 0.397. The van der Waals surface area contributed by atoms with Crippen LogP contribution in [-0.4, -0.2) is 59.5 Å². The number of benzene rings is 2. The van der Waals surface area contributed by atoms with Gasteiger partial charge in [-0.05, 0) is 38.3 Å². The number of aryl methyl sites for hydroxylation is 1. The molecule has 3 rings (SSSR count). The van der Waals surface area contributed by atoms with E-state index in [4.69, 9.17) is 14.2 Å². The third-order valence-electron chi connectivity index (χ3n) is 5.66. The second kappa shape index (κ2) is 12.1. The minimum Gasteiger partial charge on any atom is -0.497 e. The maximum absolute atomic E-state index is 5.79. The van der Waals surface area contributed by atoms with E-state index in [1.54, 1.807) is 14.2 Å². The van der Waals surface area contributed by atoms with E-state index in [9.17, 15) is 0 Å². The number of anilines is 1.